The van der Waals surface area contributed by atoms with Crippen molar-refractivity contribution >= 4 is 23.2 Å². The van der Waals surface area contributed by atoms with Gasteiger partial charge in [-0.1, -0.05) is 0 Å². The van der Waals surface area contributed by atoms with Crippen LogP contribution in [0.15, 0.2) is 48.7 Å². The van der Waals surface area contributed by atoms with E-state index in [0.29, 0.717) is 25.9 Å². The second-order valence-corrected chi connectivity index (χ2v) is 8.63. The van der Waals surface area contributed by atoms with Crippen LogP contribution in [-0.2, 0) is 29.0 Å². The summed E-state index contributed by atoms with van der Waals surface area (Å²) in [7, 11) is 0. The molecule has 170 valence electrons. The summed E-state index contributed by atoms with van der Waals surface area (Å²) in [6, 6.07) is 13.6. The number of nitrogens with zero attached hydrogens (tertiary/aromatic N) is 2. The fourth-order valence-electron chi connectivity index (χ4n) is 4.46. The maximum absolute atomic E-state index is 12.3. The number of hydrogen-bond acceptors (Lipinski definition) is 4. The van der Waals surface area contributed by atoms with Gasteiger partial charge in [-0.15, -0.1) is 0 Å². The number of hydrogen-bond donors (Lipinski definition) is 2. The van der Waals surface area contributed by atoms with Crippen LogP contribution >= 0.6 is 0 Å². The van der Waals surface area contributed by atoms with Gasteiger partial charge in [0.1, 0.15) is 11.6 Å². The van der Waals surface area contributed by atoms with E-state index in [1.54, 1.807) is 0 Å². The van der Waals surface area contributed by atoms with Crippen molar-refractivity contribution in [3.05, 3.63) is 59.9 Å². The highest BCUT2D eigenvalue weighted by atomic mass is 16.5. The van der Waals surface area contributed by atoms with Crippen molar-refractivity contribution < 1.29 is 14.3 Å². The molecule has 2 aromatic carbocycles. The number of anilines is 2. The monoisotopic (exact) mass is 444 g/mol. The molecule has 7 heteroatoms. The number of carbonyl (C=O) groups is 2. The Morgan fingerprint density at radius 3 is 2.85 bits per heavy atom. The Bertz CT molecular complexity index is 1170. The first-order valence-corrected chi connectivity index (χ1v) is 11.7. The minimum atomic E-state index is -0.0299. The van der Waals surface area contributed by atoms with Crippen molar-refractivity contribution in [2.75, 3.05) is 17.2 Å². The minimum absolute atomic E-state index is 0.0299. The molecule has 0 saturated heterocycles. The van der Waals surface area contributed by atoms with Crippen LogP contribution in [0.2, 0.25) is 0 Å². The third-order valence-electron chi connectivity index (χ3n) is 6.22. The molecule has 0 aliphatic carbocycles. The molecule has 5 rings (SSSR count). The van der Waals surface area contributed by atoms with Crippen LogP contribution in [-0.4, -0.2) is 28.0 Å². The van der Waals surface area contributed by atoms with E-state index >= 15 is 0 Å². The molecule has 0 spiro atoms. The summed E-state index contributed by atoms with van der Waals surface area (Å²) in [6.07, 6.45) is 7.73. The van der Waals surface area contributed by atoms with Gasteiger partial charge in [0.05, 0.1) is 6.61 Å². The van der Waals surface area contributed by atoms with Crippen molar-refractivity contribution in [3.63, 3.8) is 0 Å². The zero-order chi connectivity index (χ0) is 22.6. The maximum Gasteiger partial charge on any atom is 0.224 e. The summed E-state index contributed by atoms with van der Waals surface area (Å²) in [5.74, 6) is 1.79. The molecule has 0 saturated carbocycles. The molecule has 2 N–H and O–H groups in total. The number of rotatable bonds is 7. The van der Waals surface area contributed by atoms with Gasteiger partial charge in [0.25, 0.3) is 0 Å². The van der Waals surface area contributed by atoms with Gasteiger partial charge in [-0.2, -0.15) is 0 Å². The minimum Gasteiger partial charge on any atom is -0.494 e. The molecule has 33 heavy (non-hydrogen) atoms. The molecule has 7 nitrogen and oxygen atoms in total. The number of aryl methyl sites for hydroxylation is 2. The number of fused-ring (bicyclic) bond motifs is 2. The first-order valence-electron chi connectivity index (χ1n) is 11.7. The van der Waals surface area contributed by atoms with E-state index in [0.717, 1.165) is 53.5 Å². The van der Waals surface area contributed by atoms with Crippen molar-refractivity contribution in [2.45, 2.75) is 51.5 Å². The Kier molecular flexibility index (Phi) is 6.11. The van der Waals surface area contributed by atoms with Crippen LogP contribution in [0, 0.1) is 0 Å². The fourth-order valence-corrected chi connectivity index (χ4v) is 4.46. The number of imidazole rings is 1. The van der Waals surface area contributed by atoms with Crippen LogP contribution in [0.3, 0.4) is 0 Å². The van der Waals surface area contributed by atoms with E-state index < -0.39 is 0 Å². The van der Waals surface area contributed by atoms with Gasteiger partial charge in [-0.25, -0.2) is 4.98 Å². The summed E-state index contributed by atoms with van der Waals surface area (Å²) in [6.45, 7) is 1.48. The summed E-state index contributed by atoms with van der Waals surface area (Å²) in [5.41, 5.74) is 5.10. The van der Waals surface area contributed by atoms with Crippen LogP contribution < -0.4 is 15.4 Å². The van der Waals surface area contributed by atoms with Gasteiger partial charge >= 0.3 is 0 Å². The van der Waals surface area contributed by atoms with Gasteiger partial charge in [-0.3, -0.25) is 9.59 Å². The first-order chi connectivity index (χ1) is 16.2. The van der Waals surface area contributed by atoms with Gasteiger partial charge in [0.15, 0.2) is 0 Å². The van der Waals surface area contributed by atoms with E-state index in [2.05, 4.69) is 20.2 Å². The summed E-state index contributed by atoms with van der Waals surface area (Å²) in [5, 5.41) is 5.82. The lowest BCUT2D eigenvalue weighted by molar-refractivity contribution is -0.117. The quantitative estimate of drug-likeness (QED) is 0.523. The smallest absolute Gasteiger partial charge is 0.224 e. The number of ether oxygens (including phenoxy) is 1. The van der Waals surface area contributed by atoms with Gasteiger partial charge in [0.2, 0.25) is 11.8 Å². The lowest BCUT2D eigenvalue weighted by Gasteiger charge is -2.17. The second-order valence-electron chi connectivity index (χ2n) is 8.63. The Labute approximate surface area is 193 Å². The predicted octanol–water partition coefficient (Wildman–Crippen LogP) is 4.57. The molecule has 0 radical (unpaired) electrons. The Balaban J connectivity index is 1.09. The van der Waals surface area contributed by atoms with Crippen LogP contribution in [0.25, 0.3) is 11.4 Å². The molecule has 2 amide bonds. The van der Waals surface area contributed by atoms with Gasteiger partial charge in [0, 0.05) is 48.2 Å². The molecule has 3 aromatic rings. The fraction of sp³-hybridized carbons (Fsp3) is 0.346. The zero-order valence-electron chi connectivity index (χ0n) is 18.6. The summed E-state index contributed by atoms with van der Waals surface area (Å²) in [4.78, 5) is 28.4. The first kappa shape index (κ1) is 21.2. The second kappa shape index (κ2) is 9.48. The average molecular weight is 445 g/mol. The molecule has 1 aromatic heterocycles. The van der Waals surface area contributed by atoms with Crippen molar-refractivity contribution in [3.8, 4) is 17.1 Å². The number of benzene rings is 2. The molecule has 0 bridgehead atoms. The molecule has 2 aliphatic rings. The van der Waals surface area contributed by atoms with Gasteiger partial charge in [-0.05, 0) is 80.1 Å². The Morgan fingerprint density at radius 1 is 1.09 bits per heavy atom. The third-order valence-corrected chi connectivity index (χ3v) is 6.22. The predicted molar refractivity (Wildman–Crippen MR) is 127 cm³/mol. The Morgan fingerprint density at radius 2 is 1.97 bits per heavy atom. The van der Waals surface area contributed by atoms with Crippen LogP contribution in [0.5, 0.6) is 5.75 Å². The third kappa shape index (κ3) is 4.92. The Hall–Kier alpha value is -3.61. The molecule has 0 fully saturated rings. The highest BCUT2D eigenvalue weighted by molar-refractivity contribution is 5.94. The lowest BCUT2D eigenvalue weighted by Crippen LogP contribution is -2.18. The van der Waals surface area contributed by atoms with Crippen LogP contribution in [0.4, 0.5) is 11.4 Å². The number of nitrogens with one attached hydrogen (secondary N) is 2. The van der Waals surface area contributed by atoms with Crippen molar-refractivity contribution in [1.82, 2.24) is 9.55 Å². The topological polar surface area (TPSA) is 85.2 Å². The van der Waals surface area contributed by atoms with E-state index in [4.69, 9.17) is 4.74 Å². The van der Waals surface area contributed by atoms with Crippen molar-refractivity contribution in [1.29, 1.82) is 0 Å². The zero-order valence-corrected chi connectivity index (χ0v) is 18.6. The molecule has 2 aliphatic heterocycles. The number of amides is 2. The van der Waals surface area contributed by atoms with Gasteiger partial charge < -0.3 is 19.9 Å². The standard InChI is InChI=1S/C26H28N4O3/c31-24(5-3-15-33-22-11-12-23-19(16-22)8-13-25(32)29-23)28-20-9-6-18(7-10-20)26-27-17-21-4-1-2-14-30(21)26/h6-7,9-12,16-17H,1-5,8,13-15H2,(H,28,31)(H,29,32). The molecular weight excluding hydrogens is 416 g/mol. The van der Waals surface area contributed by atoms with E-state index in [1.807, 2.05) is 48.7 Å². The summed E-state index contributed by atoms with van der Waals surface area (Å²) < 4.78 is 8.10. The number of aromatic nitrogens is 2. The van der Waals surface area contributed by atoms with Crippen LogP contribution in [0.1, 0.15) is 43.4 Å². The number of carbonyl (C=O) groups excluding carboxylic acids is 2. The summed E-state index contributed by atoms with van der Waals surface area (Å²) >= 11 is 0. The van der Waals surface area contributed by atoms with Crippen molar-refractivity contribution in [2.24, 2.45) is 0 Å². The highest BCUT2D eigenvalue weighted by Crippen LogP contribution is 2.27. The highest BCUT2D eigenvalue weighted by Gasteiger charge is 2.16. The van der Waals surface area contributed by atoms with E-state index in [-0.39, 0.29) is 11.8 Å². The maximum atomic E-state index is 12.3. The normalized spacial score (nSPS) is 14.7. The SMILES string of the molecule is O=C(CCCOc1ccc2c(c1)CCC(=O)N2)Nc1ccc(-c2ncc3n2CCCC3)cc1. The molecular formula is C26H28N4O3. The lowest BCUT2D eigenvalue weighted by atomic mass is 10.0. The van der Waals surface area contributed by atoms with E-state index in [1.165, 1.54) is 18.5 Å². The average Bonchev–Trinajstić information content (AvgIpc) is 3.26. The van der Waals surface area contributed by atoms with E-state index in [9.17, 15) is 9.59 Å². The molecule has 0 atom stereocenters. The molecule has 0 unspecified atom stereocenters. The molecule has 3 heterocycles. The largest absolute Gasteiger partial charge is 0.494 e.